The quantitative estimate of drug-likeness (QED) is 0.505. The fraction of sp³-hybridized carbons (Fsp3) is 0.167. The highest BCUT2D eigenvalue weighted by atomic mass is 127. The van der Waals surface area contributed by atoms with Gasteiger partial charge in [0.15, 0.2) is 0 Å². The van der Waals surface area contributed by atoms with Gasteiger partial charge in [-0.05, 0) is 36.6 Å². The summed E-state index contributed by atoms with van der Waals surface area (Å²) < 4.78 is 1.60. The summed E-state index contributed by atoms with van der Waals surface area (Å²) in [6.07, 6.45) is 2.04. The number of alkyl halides is 1. The monoisotopic (exact) mass is 404 g/mol. The first-order valence-corrected chi connectivity index (χ1v) is 8.23. The van der Waals surface area contributed by atoms with Crippen LogP contribution in [0.5, 0.6) is 0 Å². The van der Waals surface area contributed by atoms with Gasteiger partial charge < -0.3 is 9.88 Å². The molecule has 0 saturated carbocycles. The van der Waals surface area contributed by atoms with E-state index in [-0.39, 0.29) is 5.91 Å². The number of fused-ring (bicyclic) bond motifs is 1. The van der Waals surface area contributed by atoms with Crippen LogP contribution in [0.3, 0.4) is 0 Å². The fourth-order valence-corrected chi connectivity index (χ4v) is 2.96. The van der Waals surface area contributed by atoms with Crippen LogP contribution < -0.4 is 5.32 Å². The number of rotatable bonds is 4. The standard InChI is InChI=1S/C18H17IN2O/c1-18(19,17(22)20-15-8-3-2-4-9-15)13-21-12-11-14-7-5-6-10-16(14)21/h2-12H,13H2,1H3,(H,20,22)/t18-/m1/s1. The number of carbonyl (C=O) groups is 1. The van der Waals surface area contributed by atoms with Gasteiger partial charge in [-0.2, -0.15) is 0 Å². The molecule has 0 saturated heterocycles. The number of para-hydroxylation sites is 2. The van der Waals surface area contributed by atoms with Crippen molar-refractivity contribution in [1.29, 1.82) is 0 Å². The van der Waals surface area contributed by atoms with Crippen LogP contribution >= 0.6 is 22.6 Å². The van der Waals surface area contributed by atoms with E-state index in [1.807, 2.05) is 55.6 Å². The van der Waals surface area contributed by atoms with Crippen LogP contribution in [0.2, 0.25) is 0 Å². The summed E-state index contributed by atoms with van der Waals surface area (Å²) in [4.78, 5) is 12.6. The average molecular weight is 404 g/mol. The molecule has 0 aliphatic carbocycles. The van der Waals surface area contributed by atoms with Crippen LogP contribution in [0.25, 0.3) is 10.9 Å². The van der Waals surface area contributed by atoms with Crippen LogP contribution in [0, 0.1) is 0 Å². The Balaban J connectivity index is 1.79. The molecule has 0 fully saturated rings. The molecular formula is C18H17IN2O. The van der Waals surface area contributed by atoms with Crippen LogP contribution in [-0.4, -0.2) is 13.9 Å². The number of nitrogens with one attached hydrogen (secondary N) is 1. The first-order chi connectivity index (χ1) is 10.6. The van der Waals surface area contributed by atoms with Crippen molar-refractivity contribution in [2.24, 2.45) is 0 Å². The van der Waals surface area contributed by atoms with Gasteiger partial charge in [0.05, 0.1) is 0 Å². The Hall–Kier alpha value is -1.82. The zero-order chi connectivity index (χ0) is 15.6. The number of benzene rings is 2. The Labute approximate surface area is 143 Å². The molecule has 1 heterocycles. The lowest BCUT2D eigenvalue weighted by molar-refractivity contribution is -0.117. The molecule has 3 rings (SSSR count). The van der Waals surface area contributed by atoms with Crippen molar-refractivity contribution in [2.75, 3.05) is 5.32 Å². The molecule has 3 aromatic rings. The maximum absolute atomic E-state index is 12.6. The van der Waals surface area contributed by atoms with Crippen molar-refractivity contribution in [1.82, 2.24) is 4.57 Å². The Bertz CT molecular complexity index is 793. The van der Waals surface area contributed by atoms with Gasteiger partial charge >= 0.3 is 0 Å². The zero-order valence-electron chi connectivity index (χ0n) is 12.3. The molecular weight excluding hydrogens is 387 g/mol. The minimum atomic E-state index is -0.532. The summed E-state index contributed by atoms with van der Waals surface area (Å²) in [6.45, 7) is 2.58. The lowest BCUT2D eigenvalue weighted by atomic mass is 10.1. The van der Waals surface area contributed by atoms with Crippen molar-refractivity contribution >= 4 is 45.1 Å². The summed E-state index contributed by atoms with van der Waals surface area (Å²) in [7, 11) is 0. The molecule has 0 bridgehead atoms. The number of halogens is 1. The Morgan fingerprint density at radius 1 is 1.09 bits per heavy atom. The minimum absolute atomic E-state index is 0.0112. The maximum Gasteiger partial charge on any atom is 0.242 e. The summed E-state index contributed by atoms with van der Waals surface area (Å²) >= 11 is 2.23. The lowest BCUT2D eigenvalue weighted by Crippen LogP contribution is -2.38. The van der Waals surface area contributed by atoms with Gasteiger partial charge in [-0.3, -0.25) is 4.79 Å². The van der Waals surface area contributed by atoms with Crippen LogP contribution in [0.1, 0.15) is 6.92 Å². The molecule has 2 aromatic carbocycles. The third kappa shape index (κ3) is 3.16. The smallest absolute Gasteiger partial charge is 0.242 e. The van der Waals surface area contributed by atoms with Crippen molar-refractivity contribution in [2.45, 2.75) is 16.9 Å². The molecule has 1 N–H and O–H groups in total. The number of anilines is 1. The number of hydrogen-bond donors (Lipinski definition) is 1. The summed E-state index contributed by atoms with van der Waals surface area (Å²) in [6, 6.07) is 19.9. The number of nitrogens with zero attached hydrogens (tertiary/aromatic N) is 1. The molecule has 4 heteroatoms. The molecule has 0 unspecified atom stereocenters. The van der Waals surface area contributed by atoms with E-state index in [4.69, 9.17) is 0 Å². The summed E-state index contributed by atoms with van der Waals surface area (Å²) in [5, 5.41) is 4.18. The fourth-order valence-electron chi connectivity index (χ4n) is 2.45. The van der Waals surface area contributed by atoms with E-state index in [9.17, 15) is 4.79 Å². The normalized spacial score (nSPS) is 13.7. The molecule has 0 radical (unpaired) electrons. The molecule has 1 amide bonds. The predicted octanol–water partition coefficient (Wildman–Crippen LogP) is 4.47. The predicted molar refractivity (Wildman–Crippen MR) is 99.4 cm³/mol. The molecule has 3 nitrogen and oxygen atoms in total. The molecule has 1 atom stereocenters. The number of amides is 1. The van der Waals surface area contributed by atoms with E-state index in [0.717, 1.165) is 11.2 Å². The lowest BCUT2D eigenvalue weighted by Gasteiger charge is -2.23. The molecule has 22 heavy (non-hydrogen) atoms. The highest BCUT2D eigenvalue weighted by Crippen LogP contribution is 2.26. The summed E-state index contributed by atoms with van der Waals surface area (Å²) in [5.74, 6) is 0.0112. The third-order valence-corrected chi connectivity index (χ3v) is 4.48. The number of aromatic nitrogens is 1. The number of carbonyl (C=O) groups excluding carboxylic acids is 1. The van der Waals surface area contributed by atoms with Gasteiger partial charge in [-0.15, -0.1) is 0 Å². The van der Waals surface area contributed by atoms with Crippen LogP contribution in [0.15, 0.2) is 66.9 Å². The minimum Gasteiger partial charge on any atom is -0.346 e. The molecule has 0 spiro atoms. The Morgan fingerprint density at radius 3 is 2.55 bits per heavy atom. The van der Waals surface area contributed by atoms with Crippen LogP contribution in [0.4, 0.5) is 5.69 Å². The molecule has 0 aliphatic rings. The van der Waals surface area contributed by atoms with Gasteiger partial charge in [-0.25, -0.2) is 0 Å². The topological polar surface area (TPSA) is 34.0 Å². The molecule has 112 valence electrons. The first-order valence-electron chi connectivity index (χ1n) is 7.15. The average Bonchev–Trinajstić information content (AvgIpc) is 2.91. The molecule has 0 aliphatic heterocycles. The van der Waals surface area contributed by atoms with Gasteiger partial charge in [0.2, 0.25) is 5.91 Å². The number of hydrogen-bond acceptors (Lipinski definition) is 1. The molecule has 1 aromatic heterocycles. The van der Waals surface area contributed by atoms with Gasteiger partial charge in [0.25, 0.3) is 0 Å². The van der Waals surface area contributed by atoms with E-state index >= 15 is 0 Å². The van der Waals surface area contributed by atoms with Crippen molar-refractivity contribution in [3.8, 4) is 0 Å². The second-order valence-electron chi connectivity index (χ2n) is 5.52. The van der Waals surface area contributed by atoms with Crippen LogP contribution in [-0.2, 0) is 11.3 Å². The largest absolute Gasteiger partial charge is 0.346 e. The van der Waals surface area contributed by atoms with E-state index < -0.39 is 3.42 Å². The second kappa shape index (κ2) is 6.12. The highest BCUT2D eigenvalue weighted by molar-refractivity contribution is 14.1. The third-order valence-electron chi connectivity index (χ3n) is 3.65. The second-order valence-corrected chi connectivity index (χ2v) is 7.90. The van der Waals surface area contributed by atoms with Gasteiger partial charge in [0, 0.05) is 23.9 Å². The Morgan fingerprint density at radius 2 is 1.77 bits per heavy atom. The van der Waals surface area contributed by atoms with Crippen molar-refractivity contribution < 1.29 is 4.79 Å². The maximum atomic E-state index is 12.6. The van der Waals surface area contributed by atoms with Gasteiger partial charge in [0.1, 0.15) is 3.42 Å². The first kappa shape index (κ1) is 15.1. The SMILES string of the molecule is C[C@@](I)(Cn1ccc2ccccc21)C(=O)Nc1ccccc1. The van der Waals surface area contributed by atoms with E-state index in [1.54, 1.807) is 0 Å². The van der Waals surface area contributed by atoms with Crippen molar-refractivity contribution in [3.63, 3.8) is 0 Å². The van der Waals surface area contributed by atoms with E-state index in [0.29, 0.717) is 6.54 Å². The highest BCUT2D eigenvalue weighted by Gasteiger charge is 2.30. The van der Waals surface area contributed by atoms with E-state index in [1.165, 1.54) is 5.39 Å². The zero-order valence-corrected chi connectivity index (χ0v) is 14.4. The van der Waals surface area contributed by atoms with Gasteiger partial charge in [-0.1, -0.05) is 59.0 Å². The van der Waals surface area contributed by atoms with E-state index in [2.05, 4.69) is 50.7 Å². The summed E-state index contributed by atoms with van der Waals surface area (Å²) in [5.41, 5.74) is 1.98. The Kier molecular flexibility index (Phi) is 4.20. The van der Waals surface area contributed by atoms with Crippen molar-refractivity contribution in [3.05, 3.63) is 66.9 Å².